The number of amides is 1. The third-order valence-electron chi connectivity index (χ3n) is 3.43. The summed E-state index contributed by atoms with van der Waals surface area (Å²) in [7, 11) is 1.57. The monoisotopic (exact) mass is 365 g/mol. The quantitative estimate of drug-likeness (QED) is 0.797. The molecule has 2 rings (SSSR count). The zero-order chi connectivity index (χ0) is 18.4. The molecular weight excluding hydrogens is 349 g/mol. The number of hydrogen-bond acceptors (Lipinski definition) is 4. The molecule has 0 unspecified atom stereocenters. The van der Waals surface area contributed by atoms with Gasteiger partial charge in [-0.05, 0) is 42.8 Å². The first kappa shape index (κ1) is 18.7. The number of benzene rings is 2. The van der Waals surface area contributed by atoms with Crippen molar-refractivity contribution in [3.8, 4) is 5.75 Å². The number of ether oxygens (including phenoxy) is 2. The molecule has 0 aliphatic carbocycles. The summed E-state index contributed by atoms with van der Waals surface area (Å²) in [4.78, 5) is 24.0. The fourth-order valence-corrected chi connectivity index (χ4v) is 2.18. The Hall–Kier alpha value is -2.60. The first-order chi connectivity index (χ1) is 11.9. The smallest absolute Gasteiger partial charge is 0.341 e. The van der Waals surface area contributed by atoms with Gasteiger partial charge >= 0.3 is 5.97 Å². The van der Waals surface area contributed by atoms with E-state index < -0.39 is 23.8 Å². The summed E-state index contributed by atoms with van der Waals surface area (Å²) in [6.07, 6.45) is -1.08. The van der Waals surface area contributed by atoms with Crippen LogP contribution in [-0.2, 0) is 16.1 Å². The Morgan fingerprint density at radius 1 is 1.20 bits per heavy atom. The highest BCUT2D eigenvalue weighted by Crippen LogP contribution is 2.16. The van der Waals surface area contributed by atoms with Crippen molar-refractivity contribution in [2.45, 2.75) is 19.6 Å². The zero-order valence-electron chi connectivity index (χ0n) is 13.7. The van der Waals surface area contributed by atoms with Crippen molar-refractivity contribution in [2.24, 2.45) is 0 Å². The summed E-state index contributed by atoms with van der Waals surface area (Å²) in [5.74, 6) is -1.50. The molecule has 0 heterocycles. The van der Waals surface area contributed by atoms with Crippen molar-refractivity contribution < 1.29 is 23.5 Å². The van der Waals surface area contributed by atoms with Crippen molar-refractivity contribution in [1.82, 2.24) is 5.32 Å². The molecule has 0 spiro atoms. The topological polar surface area (TPSA) is 64.6 Å². The van der Waals surface area contributed by atoms with Gasteiger partial charge in [0.25, 0.3) is 5.91 Å². The van der Waals surface area contributed by atoms with Crippen LogP contribution in [-0.4, -0.2) is 25.1 Å². The van der Waals surface area contributed by atoms with Gasteiger partial charge in [-0.1, -0.05) is 23.7 Å². The maximum absolute atomic E-state index is 13.6. The van der Waals surface area contributed by atoms with Gasteiger partial charge < -0.3 is 14.8 Å². The lowest BCUT2D eigenvalue weighted by Crippen LogP contribution is -2.35. The molecule has 0 bridgehead atoms. The van der Waals surface area contributed by atoms with Crippen LogP contribution in [0.1, 0.15) is 22.8 Å². The van der Waals surface area contributed by atoms with E-state index in [4.69, 9.17) is 21.1 Å². The van der Waals surface area contributed by atoms with E-state index in [-0.39, 0.29) is 17.1 Å². The van der Waals surface area contributed by atoms with Crippen LogP contribution in [0.15, 0.2) is 42.5 Å². The standard InChI is InChI=1S/C18H17ClFNO4/c1-11(25-18(23)15-9-13(19)5-8-16(15)20)17(22)21-10-12-3-6-14(24-2)7-4-12/h3-9,11H,10H2,1-2H3,(H,21,22)/t11-/m0/s1. The molecule has 1 atom stereocenters. The van der Waals surface area contributed by atoms with Gasteiger partial charge in [0, 0.05) is 11.6 Å². The summed E-state index contributed by atoms with van der Waals surface area (Å²) < 4.78 is 23.7. The lowest BCUT2D eigenvalue weighted by molar-refractivity contribution is -0.129. The Labute approximate surface area is 149 Å². The van der Waals surface area contributed by atoms with Crippen LogP contribution in [0.3, 0.4) is 0 Å². The van der Waals surface area contributed by atoms with Crippen LogP contribution >= 0.6 is 11.6 Å². The van der Waals surface area contributed by atoms with Crippen LogP contribution in [0.25, 0.3) is 0 Å². The first-order valence-electron chi connectivity index (χ1n) is 7.47. The van der Waals surface area contributed by atoms with Gasteiger partial charge in [0.1, 0.15) is 11.6 Å². The predicted molar refractivity (Wildman–Crippen MR) is 91.1 cm³/mol. The highest BCUT2D eigenvalue weighted by Gasteiger charge is 2.21. The number of carbonyl (C=O) groups is 2. The molecule has 0 aliphatic rings. The molecule has 0 aliphatic heterocycles. The zero-order valence-corrected chi connectivity index (χ0v) is 14.5. The Bertz CT molecular complexity index is 764. The van der Waals surface area contributed by atoms with Crippen LogP contribution in [0.4, 0.5) is 4.39 Å². The average molecular weight is 366 g/mol. The molecule has 0 fully saturated rings. The molecule has 2 aromatic carbocycles. The number of methoxy groups -OCH3 is 1. The van der Waals surface area contributed by atoms with E-state index in [0.29, 0.717) is 5.75 Å². The summed E-state index contributed by atoms with van der Waals surface area (Å²) in [5.41, 5.74) is 0.538. The Balaban J connectivity index is 1.90. The van der Waals surface area contributed by atoms with E-state index >= 15 is 0 Å². The van der Waals surface area contributed by atoms with Crippen molar-refractivity contribution >= 4 is 23.5 Å². The molecule has 1 amide bonds. The molecule has 5 nitrogen and oxygen atoms in total. The fourth-order valence-electron chi connectivity index (χ4n) is 2.01. The van der Waals surface area contributed by atoms with E-state index in [1.807, 2.05) is 0 Å². The fraction of sp³-hybridized carbons (Fsp3) is 0.222. The highest BCUT2D eigenvalue weighted by atomic mass is 35.5. The van der Waals surface area contributed by atoms with Gasteiger partial charge in [-0.15, -0.1) is 0 Å². The predicted octanol–water partition coefficient (Wildman–Crippen LogP) is 3.35. The van der Waals surface area contributed by atoms with Crippen LogP contribution in [0.5, 0.6) is 5.75 Å². The van der Waals surface area contributed by atoms with Crippen molar-refractivity contribution in [3.05, 3.63) is 64.4 Å². The molecule has 1 N–H and O–H groups in total. The minimum absolute atomic E-state index is 0.199. The lowest BCUT2D eigenvalue weighted by Gasteiger charge is -2.14. The van der Waals surface area contributed by atoms with Crippen LogP contribution in [0, 0.1) is 5.82 Å². The molecule has 0 aromatic heterocycles. The number of rotatable bonds is 6. The molecule has 25 heavy (non-hydrogen) atoms. The van der Waals surface area contributed by atoms with E-state index in [0.717, 1.165) is 17.7 Å². The van der Waals surface area contributed by atoms with E-state index in [9.17, 15) is 14.0 Å². The van der Waals surface area contributed by atoms with Gasteiger partial charge in [0.05, 0.1) is 12.7 Å². The normalized spacial score (nSPS) is 11.5. The average Bonchev–Trinajstić information content (AvgIpc) is 2.61. The summed E-state index contributed by atoms with van der Waals surface area (Å²) in [6.45, 7) is 1.67. The minimum atomic E-state index is -1.08. The van der Waals surface area contributed by atoms with Crippen molar-refractivity contribution in [2.75, 3.05) is 7.11 Å². The molecule has 0 radical (unpaired) electrons. The third-order valence-corrected chi connectivity index (χ3v) is 3.66. The SMILES string of the molecule is COc1ccc(CNC(=O)[C@H](C)OC(=O)c2cc(Cl)ccc2F)cc1. The third kappa shape index (κ3) is 5.19. The van der Waals surface area contributed by atoms with E-state index in [1.54, 1.807) is 31.4 Å². The second-order valence-electron chi connectivity index (χ2n) is 5.24. The minimum Gasteiger partial charge on any atom is -0.497 e. The number of halogens is 2. The van der Waals surface area contributed by atoms with Gasteiger partial charge in [-0.2, -0.15) is 0 Å². The van der Waals surface area contributed by atoms with Gasteiger partial charge in [-0.3, -0.25) is 4.79 Å². The largest absolute Gasteiger partial charge is 0.497 e. The van der Waals surface area contributed by atoms with Crippen molar-refractivity contribution in [3.63, 3.8) is 0 Å². The van der Waals surface area contributed by atoms with E-state index in [2.05, 4.69) is 5.32 Å². The number of carbonyl (C=O) groups excluding carboxylic acids is 2. The number of hydrogen-bond donors (Lipinski definition) is 1. The Morgan fingerprint density at radius 2 is 1.88 bits per heavy atom. The van der Waals surface area contributed by atoms with Crippen LogP contribution < -0.4 is 10.1 Å². The maximum atomic E-state index is 13.6. The molecule has 0 saturated heterocycles. The van der Waals surface area contributed by atoms with Crippen molar-refractivity contribution in [1.29, 1.82) is 0 Å². The van der Waals surface area contributed by atoms with E-state index in [1.165, 1.54) is 13.0 Å². The molecule has 2 aromatic rings. The summed E-state index contributed by atoms with van der Waals surface area (Å²) in [6, 6.07) is 10.7. The summed E-state index contributed by atoms with van der Waals surface area (Å²) in [5, 5.41) is 2.84. The first-order valence-corrected chi connectivity index (χ1v) is 7.85. The van der Waals surface area contributed by atoms with Gasteiger partial charge in [0.2, 0.25) is 0 Å². The lowest BCUT2D eigenvalue weighted by atomic mass is 10.2. The highest BCUT2D eigenvalue weighted by molar-refractivity contribution is 6.30. The van der Waals surface area contributed by atoms with Gasteiger partial charge in [0.15, 0.2) is 6.10 Å². The maximum Gasteiger partial charge on any atom is 0.341 e. The number of esters is 1. The Morgan fingerprint density at radius 3 is 2.52 bits per heavy atom. The Kier molecular flexibility index (Phi) is 6.36. The van der Waals surface area contributed by atoms with Gasteiger partial charge in [-0.25, -0.2) is 9.18 Å². The molecule has 0 saturated carbocycles. The number of nitrogens with one attached hydrogen (secondary N) is 1. The molecular formula is C18H17ClFNO4. The second-order valence-corrected chi connectivity index (χ2v) is 5.67. The summed E-state index contributed by atoms with van der Waals surface area (Å²) >= 11 is 5.74. The molecule has 132 valence electrons. The van der Waals surface area contributed by atoms with Crippen LogP contribution in [0.2, 0.25) is 5.02 Å². The second kappa shape index (κ2) is 8.48. The molecule has 7 heteroatoms.